The van der Waals surface area contributed by atoms with Gasteiger partial charge in [-0.15, -0.1) is 0 Å². The molecule has 1 rings (SSSR count). The van der Waals surface area contributed by atoms with Crippen molar-refractivity contribution < 1.29 is 4.79 Å². The summed E-state index contributed by atoms with van der Waals surface area (Å²) in [6, 6.07) is 0. The molecule has 0 unspecified atom stereocenters. The number of hydrogen-bond acceptors (Lipinski definition) is 1. The Balaban J connectivity index is 2.52. The van der Waals surface area contributed by atoms with Crippen molar-refractivity contribution in [2.45, 2.75) is 12.8 Å². The van der Waals surface area contributed by atoms with Crippen molar-refractivity contribution in [3.05, 3.63) is 12.2 Å². The van der Waals surface area contributed by atoms with Gasteiger partial charge in [-0.25, -0.2) is 0 Å². The van der Waals surface area contributed by atoms with Gasteiger partial charge in [-0.05, 0) is 6.08 Å². The average molecular weight is 81.1 g/mol. The first kappa shape index (κ1) is 3.59. The molecule has 0 amide bonds. The van der Waals surface area contributed by atoms with Gasteiger partial charge in [0.15, 0.2) is 0 Å². The van der Waals surface area contributed by atoms with Crippen LogP contribution in [0.3, 0.4) is 0 Å². The molecule has 1 radical (unpaired) electrons. The second kappa shape index (κ2) is 1.25. The third kappa shape index (κ3) is 0.482. The molecule has 1 nitrogen and oxygen atoms in total. The molecule has 0 aromatic rings. The number of carbonyl (C=O) groups is 1. The standard InChI is InChI=1S/C5H5O/c6-5-3-1-2-4-5/h1H,3-4H2. The van der Waals surface area contributed by atoms with Gasteiger partial charge in [0.25, 0.3) is 0 Å². The summed E-state index contributed by atoms with van der Waals surface area (Å²) in [4.78, 5) is 10.1. The van der Waals surface area contributed by atoms with Crippen LogP contribution in [0.15, 0.2) is 6.08 Å². The van der Waals surface area contributed by atoms with E-state index in [4.69, 9.17) is 0 Å². The second-order valence-corrected chi connectivity index (χ2v) is 1.33. The molecule has 0 atom stereocenters. The van der Waals surface area contributed by atoms with Gasteiger partial charge in [-0.2, -0.15) is 0 Å². The first-order valence-corrected chi connectivity index (χ1v) is 1.96. The Hall–Kier alpha value is -0.590. The lowest BCUT2D eigenvalue weighted by Gasteiger charge is -1.72. The van der Waals surface area contributed by atoms with Crippen molar-refractivity contribution in [2.75, 3.05) is 0 Å². The van der Waals surface area contributed by atoms with Crippen LogP contribution >= 0.6 is 0 Å². The molecule has 0 aliphatic heterocycles. The summed E-state index contributed by atoms with van der Waals surface area (Å²) in [6.45, 7) is 0. The van der Waals surface area contributed by atoms with Crippen molar-refractivity contribution >= 4 is 5.78 Å². The third-order valence-electron chi connectivity index (χ3n) is 0.773. The number of hydrogen-bond donors (Lipinski definition) is 0. The van der Waals surface area contributed by atoms with Crippen LogP contribution in [0.1, 0.15) is 12.8 Å². The first-order valence-electron chi connectivity index (χ1n) is 1.96. The van der Waals surface area contributed by atoms with Gasteiger partial charge in [-0.1, -0.05) is 6.08 Å². The van der Waals surface area contributed by atoms with Gasteiger partial charge in [0.1, 0.15) is 5.78 Å². The SMILES string of the molecule is O=C1C[C]=CC1. The van der Waals surface area contributed by atoms with Crippen LogP contribution in [0.5, 0.6) is 0 Å². The Bertz CT molecular complexity index is 82.1. The Morgan fingerprint density at radius 1 is 1.83 bits per heavy atom. The van der Waals surface area contributed by atoms with E-state index < -0.39 is 0 Å². The molecule has 0 N–H and O–H groups in total. The summed E-state index contributed by atoms with van der Waals surface area (Å²) in [7, 11) is 0. The molecule has 6 heavy (non-hydrogen) atoms. The van der Waals surface area contributed by atoms with Crippen LogP contribution in [-0.2, 0) is 4.79 Å². The number of ketones is 1. The van der Waals surface area contributed by atoms with Crippen molar-refractivity contribution in [1.82, 2.24) is 0 Å². The number of rotatable bonds is 0. The predicted octanol–water partition coefficient (Wildman–Crippen LogP) is 0.709. The monoisotopic (exact) mass is 81.0 g/mol. The van der Waals surface area contributed by atoms with E-state index in [1.165, 1.54) is 0 Å². The molecule has 31 valence electrons. The van der Waals surface area contributed by atoms with Gasteiger partial charge in [0, 0.05) is 12.8 Å². The Kier molecular flexibility index (Phi) is 0.748. The minimum absolute atomic E-state index is 0.287. The van der Waals surface area contributed by atoms with Crippen molar-refractivity contribution in [1.29, 1.82) is 0 Å². The maximum absolute atomic E-state index is 10.1. The largest absolute Gasteiger partial charge is 0.299 e. The normalized spacial score (nSPS) is 19.7. The van der Waals surface area contributed by atoms with Crippen LogP contribution in [0.2, 0.25) is 0 Å². The topological polar surface area (TPSA) is 17.1 Å². The highest BCUT2D eigenvalue weighted by atomic mass is 16.1. The van der Waals surface area contributed by atoms with Gasteiger partial charge in [0.05, 0.1) is 0 Å². The molecule has 0 aromatic heterocycles. The van der Waals surface area contributed by atoms with Crippen molar-refractivity contribution in [3.8, 4) is 0 Å². The summed E-state index contributed by atoms with van der Waals surface area (Å²) in [5.41, 5.74) is 0. The van der Waals surface area contributed by atoms with E-state index in [1.54, 1.807) is 6.08 Å². The molecule has 0 fully saturated rings. The molecule has 1 aliphatic rings. The maximum Gasteiger partial charge on any atom is 0.141 e. The molecular weight excluding hydrogens is 76.1 g/mol. The minimum atomic E-state index is 0.287. The molecule has 0 spiro atoms. The van der Waals surface area contributed by atoms with E-state index in [9.17, 15) is 4.79 Å². The fraction of sp³-hybridized carbons (Fsp3) is 0.400. The van der Waals surface area contributed by atoms with Crippen LogP contribution in [0, 0.1) is 6.08 Å². The van der Waals surface area contributed by atoms with Gasteiger partial charge < -0.3 is 0 Å². The van der Waals surface area contributed by atoms with Crippen LogP contribution in [0.4, 0.5) is 0 Å². The third-order valence-corrected chi connectivity index (χ3v) is 0.773. The Morgan fingerprint density at radius 2 is 2.67 bits per heavy atom. The second-order valence-electron chi connectivity index (χ2n) is 1.33. The molecule has 0 heterocycles. The molecule has 0 saturated heterocycles. The predicted molar refractivity (Wildman–Crippen MR) is 22.1 cm³/mol. The average Bonchev–Trinajstić information content (AvgIpc) is 1.86. The van der Waals surface area contributed by atoms with E-state index in [-0.39, 0.29) is 5.78 Å². The van der Waals surface area contributed by atoms with Gasteiger partial charge in [-0.3, -0.25) is 4.79 Å². The van der Waals surface area contributed by atoms with Gasteiger partial charge in [0.2, 0.25) is 0 Å². The Morgan fingerprint density at radius 3 is 2.83 bits per heavy atom. The maximum atomic E-state index is 10.1. The fourth-order valence-corrected chi connectivity index (χ4v) is 0.444. The first-order chi connectivity index (χ1) is 2.89. The highest BCUT2D eigenvalue weighted by molar-refractivity contribution is 5.82. The van der Waals surface area contributed by atoms with E-state index in [2.05, 4.69) is 6.08 Å². The lowest BCUT2D eigenvalue weighted by molar-refractivity contribution is -0.116. The summed E-state index contributed by atoms with van der Waals surface area (Å²) in [6.07, 6.45) is 5.73. The molecule has 0 bridgehead atoms. The lowest BCUT2D eigenvalue weighted by Crippen LogP contribution is -1.83. The zero-order valence-electron chi connectivity index (χ0n) is 3.40. The quantitative estimate of drug-likeness (QED) is 0.419. The zero-order valence-corrected chi connectivity index (χ0v) is 3.40. The fourth-order valence-electron chi connectivity index (χ4n) is 0.444. The highest BCUT2D eigenvalue weighted by Gasteiger charge is 2.00. The molecule has 1 heteroatoms. The smallest absolute Gasteiger partial charge is 0.141 e. The molecule has 0 saturated carbocycles. The minimum Gasteiger partial charge on any atom is -0.299 e. The van der Waals surface area contributed by atoms with E-state index in [0.717, 1.165) is 0 Å². The van der Waals surface area contributed by atoms with E-state index in [0.29, 0.717) is 12.8 Å². The number of Topliss-reactive ketones (excluding diaryl/α,β-unsaturated/α-hetero) is 1. The Labute approximate surface area is 36.7 Å². The highest BCUT2D eigenvalue weighted by Crippen LogP contribution is 1.99. The van der Waals surface area contributed by atoms with Crippen molar-refractivity contribution in [3.63, 3.8) is 0 Å². The van der Waals surface area contributed by atoms with Crippen molar-refractivity contribution in [2.24, 2.45) is 0 Å². The van der Waals surface area contributed by atoms with Gasteiger partial charge >= 0.3 is 0 Å². The number of allylic oxidation sites excluding steroid dienone is 2. The summed E-state index contributed by atoms with van der Waals surface area (Å²) in [5, 5.41) is 0. The van der Waals surface area contributed by atoms with Crippen LogP contribution in [0.25, 0.3) is 0 Å². The summed E-state index contributed by atoms with van der Waals surface area (Å²) < 4.78 is 0. The van der Waals surface area contributed by atoms with E-state index >= 15 is 0 Å². The molecule has 0 aromatic carbocycles. The molecule has 1 aliphatic carbocycles. The van der Waals surface area contributed by atoms with E-state index in [1.807, 2.05) is 0 Å². The lowest BCUT2D eigenvalue weighted by atomic mass is 10.3. The zero-order chi connectivity index (χ0) is 4.41. The van der Waals surface area contributed by atoms with Crippen LogP contribution in [-0.4, -0.2) is 5.78 Å². The summed E-state index contributed by atoms with van der Waals surface area (Å²) >= 11 is 0. The van der Waals surface area contributed by atoms with Crippen LogP contribution < -0.4 is 0 Å². The molecular formula is C5H5O. The number of carbonyl (C=O) groups excluding carboxylic acids is 1. The summed E-state index contributed by atoms with van der Waals surface area (Å²) in [5.74, 6) is 0.287.